The fourth-order valence-corrected chi connectivity index (χ4v) is 1.97. The Bertz CT molecular complexity index is 797. The number of aromatic nitrogens is 2. The van der Waals surface area contributed by atoms with Crippen LogP contribution in [-0.4, -0.2) is 15.8 Å². The van der Waals surface area contributed by atoms with Gasteiger partial charge < -0.3 is 0 Å². The van der Waals surface area contributed by atoms with Gasteiger partial charge in [-0.15, -0.1) is 0 Å². The third-order valence-corrected chi connectivity index (χ3v) is 3.05. The maximum atomic E-state index is 12.9. The monoisotopic (exact) mass is 266 g/mol. The summed E-state index contributed by atoms with van der Waals surface area (Å²) in [5.41, 5.74) is 2.17. The zero-order valence-corrected chi connectivity index (χ0v) is 10.8. The summed E-state index contributed by atoms with van der Waals surface area (Å²) in [6.45, 7) is 1.96. The number of ketones is 1. The van der Waals surface area contributed by atoms with Crippen molar-refractivity contribution in [2.75, 3.05) is 0 Å². The van der Waals surface area contributed by atoms with E-state index >= 15 is 0 Å². The molecule has 0 unspecified atom stereocenters. The summed E-state index contributed by atoms with van der Waals surface area (Å²) in [6, 6.07) is 11.1. The topological polar surface area (TPSA) is 42.9 Å². The quantitative estimate of drug-likeness (QED) is 0.668. The second kappa shape index (κ2) is 4.81. The van der Waals surface area contributed by atoms with Crippen molar-refractivity contribution >= 4 is 16.7 Å². The number of carbonyl (C=O) groups is 1. The first kappa shape index (κ1) is 12.4. The predicted molar refractivity (Wildman–Crippen MR) is 74.1 cm³/mol. The molecule has 2 aromatic carbocycles. The molecule has 0 aliphatic carbocycles. The molecule has 0 aliphatic heterocycles. The van der Waals surface area contributed by atoms with Gasteiger partial charge in [0.2, 0.25) is 11.6 Å². The lowest BCUT2D eigenvalue weighted by Gasteiger charge is -2.02. The van der Waals surface area contributed by atoms with Gasteiger partial charge in [-0.3, -0.25) is 4.79 Å². The van der Waals surface area contributed by atoms with Gasteiger partial charge in [0, 0.05) is 17.1 Å². The second-order valence-electron chi connectivity index (χ2n) is 4.59. The van der Waals surface area contributed by atoms with Gasteiger partial charge in [0.1, 0.15) is 5.82 Å². The fraction of sp³-hybridized carbons (Fsp3) is 0.0625. The summed E-state index contributed by atoms with van der Waals surface area (Å²) in [5.74, 6) is -0.570. The van der Waals surface area contributed by atoms with Crippen molar-refractivity contribution in [3.8, 4) is 0 Å². The van der Waals surface area contributed by atoms with Crippen LogP contribution < -0.4 is 0 Å². The molecule has 1 aromatic heterocycles. The van der Waals surface area contributed by atoms with E-state index in [1.807, 2.05) is 25.1 Å². The van der Waals surface area contributed by atoms with Crippen LogP contribution in [0.1, 0.15) is 21.7 Å². The molecule has 0 saturated carbocycles. The largest absolute Gasteiger partial charge is 0.285 e. The summed E-state index contributed by atoms with van der Waals surface area (Å²) >= 11 is 0. The first-order chi connectivity index (χ1) is 9.63. The molecule has 0 amide bonds. The van der Waals surface area contributed by atoms with Crippen molar-refractivity contribution in [2.24, 2.45) is 0 Å². The number of hydrogen-bond acceptors (Lipinski definition) is 3. The summed E-state index contributed by atoms with van der Waals surface area (Å²) in [4.78, 5) is 20.6. The predicted octanol–water partition coefficient (Wildman–Crippen LogP) is 3.31. The number of nitrogens with zero attached hydrogens (tertiary/aromatic N) is 2. The van der Waals surface area contributed by atoms with Crippen LogP contribution in [0.3, 0.4) is 0 Å². The molecule has 1 heterocycles. The average Bonchev–Trinajstić information content (AvgIpc) is 2.46. The molecule has 3 nitrogen and oxygen atoms in total. The van der Waals surface area contributed by atoms with Gasteiger partial charge in [-0.1, -0.05) is 12.1 Å². The molecule has 0 N–H and O–H groups in total. The Kier molecular flexibility index (Phi) is 2.99. The normalized spacial score (nSPS) is 10.7. The highest BCUT2D eigenvalue weighted by atomic mass is 19.1. The highest BCUT2D eigenvalue weighted by molar-refractivity contribution is 6.07. The molecule has 20 heavy (non-hydrogen) atoms. The number of benzene rings is 2. The SMILES string of the molecule is Cc1ccc2cnc(C(=O)c3ccc(F)cc3)nc2c1. The first-order valence-corrected chi connectivity index (χ1v) is 6.17. The van der Waals surface area contributed by atoms with E-state index in [0.717, 1.165) is 16.5 Å². The smallest absolute Gasteiger partial charge is 0.230 e. The number of rotatable bonds is 2. The molecule has 0 atom stereocenters. The molecule has 0 radical (unpaired) electrons. The molecule has 0 saturated heterocycles. The Morgan fingerprint density at radius 2 is 1.85 bits per heavy atom. The number of carbonyl (C=O) groups excluding carboxylic acids is 1. The molecule has 4 heteroatoms. The van der Waals surface area contributed by atoms with Crippen LogP contribution in [0.25, 0.3) is 10.9 Å². The van der Waals surface area contributed by atoms with Crippen LogP contribution in [0.15, 0.2) is 48.7 Å². The highest BCUT2D eigenvalue weighted by Crippen LogP contribution is 2.14. The van der Waals surface area contributed by atoms with Gasteiger partial charge in [0.15, 0.2) is 0 Å². The molecule has 0 bridgehead atoms. The third kappa shape index (κ3) is 2.28. The van der Waals surface area contributed by atoms with Gasteiger partial charge in [-0.25, -0.2) is 14.4 Å². The molecule has 0 fully saturated rings. The Hall–Kier alpha value is -2.62. The van der Waals surface area contributed by atoms with Crippen LogP contribution in [0.5, 0.6) is 0 Å². The molecular formula is C16H11FN2O. The van der Waals surface area contributed by atoms with E-state index in [0.29, 0.717) is 5.56 Å². The maximum Gasteiger partial charge on any atom is 0.230 e. The number of fused-ring (bicyclic) bond motifs is 1. The molecular weight excluding hydrogens is 255 g/mol. The second-order valence-corrected chi connectivity index (χ2v) is 4.59. The highest BCUT2D eigenvalue weighted by Gasteiger charge is 2.13. The minimum atomic E-state index is -0.378. The Morgan fingerprint density at radius 3 is 2.60 bits per heavy atom. The zero-order chi connectivity index (χ0) is 14.1. The zero-order valence-electron chi connectivity index (χ0n) is 10.8. The summed E-state index contributed by atoms with van der Waals surface area (Å²) < 4.78 is 12.9. The Balaban J connectivity index is 2.05. The van der Waals surface area contributed by atoms with E-state index < -0.39 is 0 Å². The maximum absolute atomic E-state index is 12.9. The van der Waals surface area contributed by atoms with Crippen LogP contribution >= 0.6 is 0 Å². The molecule has 0 aliphatic rings. The van der Waals surface area contributed by atoms with E-state index in [1.54, 1.807) is 6.20 Å². The lowest BCUT2D eigenvalue weighted by Crippen LogP contribution is -2.07. The van der Waals surface area contributed by atoms with Crippen LogP contribution in [0, 0.1) is 12.7 Å². The van der Waals surface area contributed by atoms with Gasteiger partial charge in [0.05, 0.1) is 5.52 Å². The van der Waals surface area contributed by atoms with Gasteiger partial charge in [0.25, 0.3) is 0 Å². The number of aryl methyl sites for hydroxylation is 1. The lowest BCUT2D eigenvalue weighted by molar-refractivity contribution is 0.102. The summed E-state index contributed by atoms with van der Waals surface area (Å²) in [6.07, 6.45) is 1.62. The van der Waals surface area contributed by atoms with Crippen molar-refractivity contribution in [1.29, 1.82) is 0 Å². The summed E-state index contributed by atoms with van der Waals surface area (Å²) in [5, 5.41) is 0.881. The van der Waals surface area contributed by atoms with E-state index in [-0.39, 0.29) is 17.4 Å². The summed E-state index contributed by atoms with van der Waals surface area (Å²) in [7, 11) is 0. The number of hydrogen-bond donors (Lipinski definition) is 0. The van der Waals surface area contributed by atoms with Crippen molar-refractivity contribution in [2.45, 2.75) is 6.92 Å². The standard InChI is InChI=1S/C16H11FN2O/c1-10-2-3-12-9-18-16(19-14(12)8-10)15(20)11-4-6-13(17)7-5-11/h2-9H,1H3. The molecule has 3 aromatic rings. The Morgan fingerprint density at radius 1 is 1.10 bits per heavy atom. The van der Waals surface area contributed by atoms with Gasteiger partial charge in [-0.2, -0.15) is 0 Å². The average molecular weight is 266 g/mol. The molecule has 3 rings (SSSR count). The van der Waals surface area contributed by atoms with Gasteiger partial charge in [-0.05, 0) is 42.8 Å². The van der Waals surface area contributed by atoms with E-state index in [2.05, 4.69) is 9.97 Å². The minimum absolute atomic E-state index is 0.120. The van der Waals surface area contributed by atoms with Crippen molar-refractivity contribution in [3.63, 3.8) is 0 Å². The van der Waals surface area contributed by atoms with Crippen molar-refractivity contribution in [1.82, 2.24) is 9.97 Å². The van der Waals surface area contributed by atoms with E-state index in [1.165, 1.54) is 24.3 Å². The van der Waals surface area contributed by atoms with Crippen LogP contribution in [-0.2, 0) is 0 Å². The third-order valence-electron chi connectivity index (χ3n) is 3.05. The number of halogens is 1. The van der Waals surface area contributed by atoms with E-state index in [9.17, 15) is 9.18 Å². The van der Waals surface area contributed by atoms with Crippen LogP contribution in [0.4, 0.5) is 4.39 Å². The minimum Gasteiger partial charge on any atom is -0.285 e. The Labute approximate surface area is 115 Å². The molecule has 0 spiro atoms. The van der Waals surface area contributed by atoms with Crippen molar-refractivity contribution < 1.29 is 9.18 Å². The van der Waals surface area contributed by atoms with E-state index in [4.69, 9.17) is 0 Å². The first-order valence-electron chi connectivity index (χ1n) is 6.17. The molecule has 98 valence electrons. The van der Waals surface area contributed by atoms with Gasteiger partial charge >= 0.3 is 0 Å². The van der Waals surface area contributed by atoms with Crippen molar-refractivity contribution in [3.05, 3.63) is 71.4 Å². The lowest BCUT2D eigenvalue weighted by atomic mass is 10.1. The fourth-order valence-electron chi connectivity index (χ4n) is 1.97. The van der Waals surface area contributed by atoms with Crippen LogP contribution in [0.2, 0.25) is 0 Å².